The number of carboxylic acid groups (broad SMARTS) is 1. The van der Waals surface area contributed by atoms with Gasteiger partial charge in [-0.2, -0.15) is 0 Å². The first-order valence-electron chi connectivity index (χ1n) is 10.3. The molecule has 0 radical (unpaired) electrons. The number of hydrogen-bond donors (Lipinski definition) is 2. The third-order valence-corrected chi connectivity index (χ3v) is 5.31. The zero-order chi connectivity index (χ0) is 20.6. The topological polar surface area (TPSA) is 105 Å². The van der Waals surface area contributed by atoms with Gasteiger partial charge in [-0.15, -0.1) is 0 Å². The Bertz CT molecular complexity index is 852. The van der Waals surface area contributed by atoms with Crippen LogP contribution < -0.4 is 5.32 Å². The lowest BCUT2D eigenvalue weighted by molar-refractivity contribution is -0.137. The van der Waals surface area contributed by atoms with Crippen LogP contribution >= 0.6 is 0 Å². The van der Waals surface area contributed by atoms with Crippen LogP contribution in [0, 0.1) is 6.92 Å². The van der Waals surface area contributed by atoms with Crippen molar-refractivity contribution >= 4 is 17.6 Å². The molecule has 7 nitrogen and oxygen atoms in total. The third-order valence-electron chi connectivity index (χ3n) is 5.31. The minimum atomic E-state index is -0.853. The number of ketones is 1. The molecule has 0 spiro atoms. The summed E-state index contributed by atoms with van der Waals surface area (Å²) in [7, 11) is 0. The molecule has 0 unspecified atom stereocenters. The van der Waals surface area contributed by atoms with Crippen molar-refractivity contribution in [3.05, 3.63) is 47.2 Å². The highest BCUT2D eigenvalue weighted by Crippen LogP contribution is 2.25. The molecule has 0 aromatic carbocycles. The van der Waals surface area contributed by atoms with Gasteiger partial charge in [0.05, 0.1) is 6.42 Å². The molecule has 154 valence electrons. The van der Waals surface area contributed by atoms with Crippen molar-refractivity contribution in [3.63, 3.8) is 0 Å². The normalized spacial score (nSPS) is 14.0. The van der Waals surface area contributed by atoms with E-state index in [1.54, 1.807) is 19.3 Å². The molecule has 2 aromatic heterocycles. The fraction of sp³-hybridized carbons (Fsp3) is 0.500. The van der Waals surface area contributed by atoms with Gasteiger partial charge in [0, 0.05) is 37.5 Å². The molecule has 7 heteroatoms. The van der Waals surface area contributed by atoms with Crippen molar-refractivity contribution < 1.29 is 14.7 Å². The van der Waals surface area contributed by atoms with Crippen LogP contribution in [0.2, 0.25) is 0 Å². The van der Waals surface area contributed by atoms with Gasteiger partial charge in [0.2, 0.25) is 0 Å². The Morgan fingerprint density at radius 3 is 2.76 bits per heavy atom. The number of carbonyl (C=O) groups is 2. The number of fused-ring (bicyclic) bond motifs is 1. The molecule has 0 aliphatic carbocycles. The van der Waals surface area contributed by atoms with Crippen LogP contribution in [0.1, 0.15) is 67.1 Å². The second-order valence-electron chi connectivity index (χ2n) is 7.63. The van der Waals surface area contributed by atoms with Crippen molar-refractivity contribution in [1.82, 2.24) is 15.0 Å². The molecule has 0 amide bonds. The van der Waals surface area contributed by atoms with Crippen LogP contribution in [0.15, 0.2) is 24.5 Å². The second kappa shape index (κ2) is 10.1. The smallest absolute Gasteiger partial charge is 0.303 e. The Morgan fingerprint density at radius 2 is 2.00 bits per heavy atom. The maximum Gasteiger partial charge on any atom is 0.303 e. The van der Waals surface area contributed by atoms with Crippen LogP contribution in [-0.2, 0) is 22.4 Å². The van der Waals surface area contributed by atoms with E-state index in [0.29, 0.717) is 37.9 Å². The highest BCUT2D eigenvalue weighted by Gasteiger charge is 2.17. The van der Waals surface area contributed by atoms with Crippen molar-refractivity contribution in [2.45, 2.75) is 64.2 Å². The van der Waals surface area contributed by atoms with E-state index in [9.17, 15) is 14.7 Å². The van der Waals surface area contributed by atoms with E-state index in [4.69, 9.17) is 0 Å². The van der Waals surface area contributed by atoms with Crippen molar-refractivity contribution in [2.24, 2.45) is 0 Å². The summed E-state index contributed by atoms with van der Waals surface area (Å²) < 4.78 is 0. The zero-order valence-corrected chi connectivity index (χ0v) is 16.9. The SMILES string of the molecule is Cc1ncc([C@H](CCCC(=O)CCc2ccc3c(n2)NCCC3)CC(=O)O)cn1. The van der Waals surface area contributed by atoms with Crippen molar-refractivity contribution in [3.8, 4) is 0 Å². The van der Waals surface area contributed by atoms with Gasteiger partial charge in [-0.3, -0.25) is 9.59 Å². The van der Waals surface area contributed by atoms with Gasteiger partial charge in [0.15, 0.2) is 0 Å². The summed E-state index contributed by atoms with van der Waals surface area (Å²) in [5.74, 6) is 0.775. The quantitative estimate of drug-likeness (QED) is 0.633. The van der Waals surface area contributed by atoms with Crippen LogP contribution in [0.4, 0.5) is 5.82 Å². The lowest BCUT2D eigenvalue weighted by Gasteiger charge is -2.17. The summed E-state index contributed by atoms with van der Waals surface area (Å²) in [5, 5.41) is 12.5. The summed E-state index contributed by atoms with van der Waals surface area (Å²) in [6.07, 6.45) is 8.42. The number of anilines is 1. The standard InChI is InChI=1S/C22H28N4O3/c1-15-24-13-18(14-25-15)17(12-21(28)29)4-2-6-20(27)10-9-19-8-7-16-5-3-11-23-22(16)26-19/h7-8,13-14,17H,2-6,9-12H2,1H3,(H,23,26)(H,28,29)/t17-/m1/s1. The number of nitrogens with one attached hydrogen (secondary N) is 1. The Labute approximate surface area is 171 Å². The number of carboxylic acids is 1. The summed E-state index contributed by atoms with van der Waals surface area (Å²) >= 11 is 0. The number of pyridine rings is 1. The molecular formula is C22H28N4O3. The highest BCUT2D eigenvalue weighted by atomic mass is 16.4. The van der Waals surface area contributed by atoms with E-state index < -0.39 is 5.97 Å². The van der Waals surface area contributed by atoms with Gasteiger partial charge in [-0.25, -0.2) is 15.0 Å². The number of rotatable bonds is 10. The molecule has 0 bridgehead atoms. The predicted molar refractivity (Wildman–Crippen MR) is 110 cm³/mol. The number of Topliss-reactive ketones (excluding diaryl/α,β-unsaturated/α-hetero) is 1. The lowest BCUT2D eigenvalue weighted by Crippen LogP contribution is -2.14. The Morgan fingerprint density at radius 1 is 1.21 bits per heavy atom. The average molecular weight is 396 g/mol. The van der Waals surface area contributed by atoms with Crippen molar-refractivity contribution in [2.75, 3.05) is 11.9 Å². The van der Waals surface area contributed by atoms with Crippen LogP contribution in [-0.4, -0.2) is 38.4 Å². The molecule has 3 heterocycles. The van der Waals surface area contributed by atoms with Crippen LogP contribution in [0.3, 0.4) is 0 Å². The Hall–Kier alpha value is -2.83. The molecule has 0 fully saturated rings. The summed E-state index contributed by atoms with van der Waals surface area (Å²) in [6.45, 7) is 2.74. The second-order valence-corrected chi connectivity index (χ2v) is 7.63. The van der Waals surface area contributed by atoms with Crippen LogP contribution in [0.5, 0.6) is 0 Å². The van der Waals surface area contributed by atoms with E-state index in [-0.39, 0.29) is 18.1 Å². The van der Waals surface area contributed by atoms with Gasteiger partial charge in [-0.1, -0.05) is 6.07 Å². The highest BCUT2D eigenvalue weighted by molar-refractivity contribution is 5.78. The lowest BCUT2D eigenvalue weighted by atomic mass is 9.91. The van der Waals surface area contributed by atoms with E-state index in [1.807, 2.05) is 6.07 Å². The number of carbonyl (C=O) groups excluding carboxylic acids is 1. The van der Waals surface area contributed by atoms with E-state index in [1.165, 1.54) is 5.56 Å². The first kappa shape index (κ1) is 20.9. The van der Waals surface area contributed by atoms with Crippen LogP contribution in [0.25, 0.3) is 0 Å². The van der Waals surface area contributed by atoms with Gasteiger partial charge >= 0.3 is 5.97 Å². The fourth-order valence-corrected chi connectivity index (χ4v) is 3.66. The molecule has 1 aliphatic heterocycles. The summed E-state index contributed by atoms with van der Waals surface area (Å²) in [6, 6.07) is 4.12. The van der Waals surface area contributed by atoms with Crippen molar-refractivity contribution in [1.29, 1.82) is 0 Å². The van der Waals surface area contributed by atoms with E-state index in [2.05, 4.69) is 26.3 Å². The predicted octanol–water partition coefficient (Wildman–Crippen LogP) is 3.47. The summed E-state index contributed by atoms with van der Waals surface area (Å²) in [4.78, 5) is 36.4. The average Bonchev–Trinajstić information content (AvgIpc) is 2.71. The van der Waals surface area contributed by atoms with E-state index in [0.717, 1.165) is 36.5 Å². The minimum Gasteiger partial charge on any atom is -0.481 e. The van der Waals surface area contributed by atoms with Gasteiger partial charge in [-0.05, 0) is 62.1 Å². The van der Waals surface area contributed by atoms with Gasteiger partial charge in [0.25, 0.3) is 0 Å². The molecule has 29 heavy (non-hydrogen) atoms. The number of aliphatic carboxylic acids is 1. The maximum absolute atomic E-state index is 12.3. The van der Waals surface area contributed by atoms with E-state index >= 15 is 0 Å². The molecule has 0 saturated heterocycles. The maximum atomic E-state index is 12.3. The Kier molecular flexibility index (Phi) is 7.27. The molecule has 2 N–H and O–H groups in total. The first-order valence-corrected chi connectivity index (χ1v) is 10.3. The monoisotopic (exact) mass is 396 g/mol. The summed E-state index contributed by atoms with van der Waals surface area (Å²) in [5.41, 5.74) is 3.00. The molecule has 1 atom stereocenters. The first-order chi connectivity index (χ1) is 14.0. The third kappa shape index (κ3) is 6.34. The van der Waals surface area contributed by atoms with Gasteiger partial charge < -0.3 is 10.4 Å². The Balaban J connectivity index is 1.46. The zero-order valence-electron chi connectivity index (χ0n) is 16.9. The number of aryl methyl sites for hydroxylation is 3. The molecule has 0 saturated carbocycles. The fourth-order valence-electron chi connectivity index (χ4n) is 3.66. The molecule has 2 aromatic rings. The molecular weight excluding hydrogens is 368 g/mol. The molecule has 1 aliphatic rings. The number of nitrogens with zero attached hydrogens (tertiary/aromatic N) is 3. The number of hydrogen-bond acceptors (Lipinski definition) is 6. The minimum absolute atomic E-state index is 0.0205. The molecule has 3 rings (SSSR count). The number of aromatic nitrogens is 3. The van der Waals surface area contributed by atoms with Gasteiger partial charge in [0.1, 0.15) is 17.4 Å². The largest absolute Gasteiger partial charge is 0.481 e.